The summed E-state index contributed by atoms with van der Waals surface area (Å²) in [4.78, 5) is 11.7. The number of nitrogens with zero attached hydrogens (tertiary/aromatic N) is 3. The van der Waals surface area contributed by atoms with Crippen LogP contribution in [0.3, 0.4) is 0 Å². The van der Waals surface area contributed by atoms with E-state index in [1.807, 2.05) is 6.92 Å². The number of hydrogen-bond donors (Lipinski definition) is 1. The number of rotatable bonds is 6. The van der Waals surface area contributed by atoms with Gasteiger partial charge in [-0.1, -0.05) is 23.2 Å². The molecule has 0 unspecified atom stereocenters. The molecule has 0 amide bonds. The van der Waals surface area contributed by atoms with Crippen LogP contribution in [0.1, 0.15) is 12.5 Å². The smallest absolute Gasteiger partial charge is 0.287 e. The summed E-state index contributed by atoms with van der Waals surface area (Å²) in [7, 11) is 3.03. The second-order valence-corrected chi connectivity index (χ2v) is 5.42. The highest BCUT2D eigenvalue weighted by atomic mass is 35.5. The van der Waals surface area contributed by atoms with Crippen molar-refractivity contribution in [2.24, 2.45) is 12.1 Å². The van der Waals surface area contributed by atoms with Gasteiger partial charge < -0.3 is 9.47 Å². The largest absolute Gasteiger partial charge is 0.491 e. The van der Waals surface area contributed by atoms with Gasteiger partial charge in [0.15, 0.2) is 11.5 Å². The van der Waals surface area contributed by atoms with E-state index in [9.17, 15) is 4.79 Å². The van der Waals surface area contributed by atoms with Crippen LogP contribution in [-0.2, 0) is 7.05 Å². The van der Waals surface area contributed by atoms with Crippen molar-refractivity contribution in [2.45, 2.75) is 6.92 Å². The Labute approximate surface area is 148 Å². The van der Waals surface area contributed by atoms with Gasteiger partial charge in [0, 0.05) is 7.05 Å². The van der Waals surface area contributed by atoms with Gasteiger partial charge in [-0.2, -0.15) is 10.2 Å². The van der Waals surface area contributed by atoms with Gasteiger partial charge in [0.2, 0.25) is 0 Å². The molecule has 7 nitrogen and oxygen atoms in total. The quantitative estimate of drug-likeness (QED) is 0.624. The Hall–Kier alpha value is -2.25. The van der Waals surface area contributed by atoms with Crippen LogP contribution in [0, 0.1) is 0 Å². The molecule has 24 heavy (non-hydrogen) atoms. The van der Waals surface area contributed by atoms with Crippen molar-refractivity contribution in [1.82, 2.24) is 9.78 Å². The molecule has 0 saturated heterocycles. The number of aryl methyl sites for hydroxylation is 1. The molecule has 0 saturated carbocycles. The van der Waals surface area contributed by atoms with Gasteiger partial charge >= 0.3 is 0 Å². The molecule has 1 aromatic carbocycles. The molecule has 0 aliphatic rings. The number of hydrazone groups is 1. The van der Waals surface area contributed by atoms with Crippen LogP contribution in [0.25, 0.3) is 0 Å². The standard InChI is InChI=1S/C15H16Cl2N4O3/c1-4-24-12-6-9(5-10(16)14(12)23-3)7-18-20-11-8-19-21(2)15(22)13(11)17/h5-8,20H,4H2,1-3H3/b18-7-. The predicted octanol–water partition coefficient (Wildman–Crippen LogP) is 2.94. The zero-order valence-corrected chi connectivity index (χ0v) is 14.9. The lowest BCUT2D eigenvalue weighted by Gasteiger charge is -2.11. The molecule has 1 N–H and O–H groups in total. The number of anilines is 1. The molecule has 0 aliphatic heterocycles. The summed E-state index contributed by atoms with van der Waals surface area (Å²) in [5.41, 5.74) is 3.25. The molecule has 1 heterocycles. The fourth-order valence-electron chi connectivity index (χ4n) is 1.89. The molecule has 0 fully saturated rings. The third-order valence-corrected chi connectivity index (χ3v) is 3.66. The third-order valence-electron chi connectivity index (χ3n) is 3.01. The minimum absolute atomic E-state index is 0.00687. The maximum atomic E-state index is 11.7. The lowest BCUT2D eigenvalue weighted by molar-refractivity contribution is 0.311. The van der Waals surface area contributed by atoms with Crippen molar-refractivity contribution in [3.05, 3.63) is 44.3 Å². The van der Waals surface area contributed by atoms with Crippen LogP contribution in [0.4, 0.5) is 5.69 Å². The number of nitrogens with one attached hydrogen (secondary N) is 1. The van der Waals surface area contributed by atoms with E-state index in [4.69, 9.17) is 32.7 Å². The molecule has 128 valence electrons. The molecule has 0 aliphatic carbocycles. The molecule has 2 aromatic rings. The van der Waals surface area contributed by atoms with Crippen LogP contribution < -0.4 is 20.5 Å². The first-order chi connectivity index (χ1) is 11.5. The Bertz CT molecular complexity index is 821. The second kappa shape index (κ2) is 8.03. The number of aromatic nitrogens is 2. The fourth-order valence-corrected chi connectivity index (χ4v) is 2.40. The van der Waals surface area contributed by atoms with Crippen molar-refractivity contribution in [3.63, 3.8) is 0 Å². The molecular formula is C15H16Cl2N4O3. The molecule has 9 heteroatoms. The maximum absolute atomic E-state index is 11.7. The summed E-state index contributed by atoms with van der Waals surface area (Å²) in [6.07, 6.45) is 2.93. The summed E-state index contributed by atoms with van der Waals surface area (Å²) in [5, 5.41) is 8.31. The van der Waals surface area contributed by atoms with E-state index >= 15 is 0 Å². The summed E-state index contributed by atoms with van der Waals surface area (Å²) in [6.45, 7) is 2.33. The van der Waals surface area contributed by atoms with E-state index < -0.39 is 5.56 Å². The van der Waals surface area contributed by atoms with Crippen molar-refractivity contribution >= 4 is 35.1 Å². The highest BCUT2D eigenvalue weighted by molar-refractivity contribution is 6.33. The first kappa shape index (κ1) is 18.1. The van der Waals surface area contributed by atoms with Gasteiger partial charge in [0.1, 0.15) is 10.7 Å². The molecule has 0 atom stereocenters. The van der Waals surface area contributed by atoms with E-state index in [-0.39, 0.29) is 5.02 Å². The topological polar surface area (TPSA) is 77.7 Å². The number of benzene rings is 1. The molecule has 2 rings (SSSR count). The Balaban J connectivity index is 2.23. The van der Waals surface area contributed by atoms with Gasteiger partial charge in [0.25, 0.3) is 5.56 Å². The Morgan fingerprint density at radius 1 is 1.42 bits per heavy atom. The number of methoxy groups -OCH3 is 1. The zero-order chi connectivity index (χ0) is 17.7. The molecule has 1 aromatic heterocycles. The van der Waals surface area contributed by atoms with Crippen molar-refractivity contribution < 1.29 is 9.47 Å². The van der Waals surface area contributed by atoms with Gasteiger partial charge in [-0.05, 0) is 24.6 Å². The average molecular weight is 371 g/mol. The predicted molar refractivity (Wildman–Crippen MR) is 94.9 cm³/mol. The van der Waals surface area contributed by atoms with Gasteiger partial charge in [-0.15, -0.1) is 0 Å². The van der Waals surface area contributed by atoms with Crippen molar-refractivity contribution in [1.29, 1.82) is 0 Å². The summed E-state index contributed by atoms with van der Waals surface area (Å²) < 4.78 is 11.8. The highest BCUT2D eigenvalue weighted by Gasteiger charge is 2.11. The SMILES string of the molecule is CCOc1cc(/C=N\Nc2cnn(C)c(=O)c2Cl)cc(Cl)c1OC. The fraction of sp³-hybridized carbons (Fsp3) is 0.267. The maximum Gasteiger partial charge on any atom is 0.287 e. The monoisotopic (exact) mass is 370 g/mol. The van der Waals surface area contributed by atoms with Gasteiger partial charge in [-0.25, -0.2) is 4.68 Å². The summed E-state index contributed by atoms with van der Waals surface area (Å²) in [6, 6.07) is 3.42. The number of halogens is 2. The Kier molecular flexibility index (Phi) is 6.05. The van der Waals surface area contributed by atoms with E-state index in [2.05, 4.69) is 15.6 Å². The highest BCUT2D eigenvalue weighted by Crippen LogP contribution is 2.35. The van der Waals surface area contributed by atoms with Crippen LogP contribution in [0.5, 0.6) is 11.5 Å². The first-order valence-corrected chi connectivity index (χ1v) is 7.74. The minimum Gasteiger partial charge on any atom is -0.491 e. The van der Waals surface area contributed by atoms with E-state index in [0.29, 0.717) is 34.4 Å². The van der Waals surface area contributed by atoms with Crippen LogP contribution in [0.2, 0.25) is 10.0 Å². The number of ether oxygens (including phenoxy) is 2. The molecule has 0 radical (unpaired) electrons. The van der Waals surface area contributed by atoms with E-state index in [0.717, 1.165) is 4.68 Å². The van der Waals surface area contributed by atoms with Gasteiger partial charge in [-0.3, -0.25) is 10.2 Å². The van der Waals surface area contributed by atoms with Crippen LogP contribution >= 0.6 is 23.2 Å². The Morgan fingerprint density at radius 2 is 2.17 bits per heavy atom. The van der Waals surface area contributed by atoms with Crippen LogP contribution in [0.15, 0.2) is 28.2 Å². The molecule has 0 spiro atoms. The van der Waals surface area contributed by atoms with Crippen molar-refractivity contribution in [2.75, 3.05) is 19.1 Å². The number of hydrogen-bond acceptors (Lipinski definition) is 6. The summed E-state index contributed by atoms with van der Waals surface area (Å²) in [5.74, 6) is 0.977. The van der Waals surface area contributed by atoms with Crippen molar-refractivity contribution in [3.8, 4) is 11.5 Å². The average Bonchev–Trinajstić information content (AvgIpc) is 2.55. The van der Waals surface area contributed by atoms with E-state index in [1.165, 1.54) is 26.6 Å². The molecule has 0 bridgehead atoms. The van der Waals surface area contributed by atoms with Crippen LogP contribution in [-0.4, -0.2) is 29.7 Å². The lowest BCUT2D eigenvalue weighted by Crippen LogP contribution is -2.20. The summed E-state index contributed by atoms with van der Waals surface area (Å²) >= 11 is 12.1. The lowest BCUT2D eigenvalue weighted by atomic mass is 10.2. The zero-order valence-electron chi connectivity index (χ0n) is 13.3. The Morgan fingerprint density at radius 3 is 2.83 bits per heavy atom. The van der Waals surface area contributed by atoms with E-state index in [1.54, 1.807) is 12.1 Å². The minimum atomic E-state index is -0.414. The van der Waals surface area contributed by atoms with Gasteiger partial charge in [0.05, 0.1) is 31.2 Å². The second-order valence-electron chi connectivity index (χ2n) is 4.64. The normalized spacial score (nSPS) is 10.9. The molecular weight excluding hydrogens is 355 g/mol. The first-order valence-electron chi connectivity index (χ1n) is 6.99. The third kappa shape index (κ3) is 3.98.